The van der Waals surface area contributed by atoms with Crippen molar-refractivity contribution in [1.29, 1.82) is 0 Å². The van der Waals surface area contributed by atoms with Crippen LogP contribution in [0.5, 0.6) is 0 Å². The van der Waals surface area contributed by atoms with Crippen LogP contribution in [0.15, 0.2) is 5.11 Å². The van der Waals surface area contributed by atoms with Crippen LogP contribution in [0.25, 0.3) is 10.4 Å². The third-order valence-corrected chi connectivity index (χ3v) is 3.23. The van der Waals surface area contributed by atoms with Crippen molar-refractivity contribution >= 4 is 0 Å². The summed E-state index contributed by atoms with van der Waals surface area (Å²) in [6, 6.07) is 2.58. The van der Waals surface area contributed by atoms with E-state index in [0.717, 1.165) is 65.1 Å². The van der Waals surface area contributed by atoms with Gasteiger partial charge < -0.3 is 15.0 Å². The van der Waals surface area contributed by atoms with E-state index in [1.165, 1.54) is 0 Å². The van der Waals surface area contributed by atoms with Gasteiger partial charge in [-0.25, -0.2) is 0 Å². The molecule has 0 aromatic rings. The highest BCUT2D eigenvalue weighted by atomic mass is 16.5. The lowest BCUT2D eigenvalue weighted by atomic mass is 10.1. The number of azide groups is 1. The maximum absolute atomic E-state index is 8.38. The van der Waals surface area contributed by atoms with E-state index in [4.69, 9.17) is 16.7 Å². The first-order chi connectivity index (χ1) is 9.36. The minimum atomic E-state index is 0.196. The molecule has 0 unspecified atom stereocenters. The number of terminal acetylenes is 1. The minimum Gasteiger partial charge on any atom is -0.381 e. The zero-order valence-corrected chi connectivity index (χ0v) is 11.4. The van der Waals surface area contributed by atoms with Crippen LogP contribution >= 0.6 is 0 Å². The number of nitrogens with one attached hydrogen (secondary N) is 1. The molecule has 1 rings (SSSR count). The second-order valence-corrected chi connectivity index (χ2v) is 4.67. The molecule has 0 radical (unpaired) electrons. The van der Waals surface area contributed by atoms with Gasteiger partial charge in [0.15, 0.2) is 0 Å². The number of nitrogens with zero attached hydrogens (tertiary/aromatic N) is 4. The number of hydrogen-bond donors (Lipinski definition) is 1. The SMILES string of the molecule is C#CNCCCOCCCN1CCC(N=[N+]=[N-])CC1. The van der Waals surface area contributed by atoms with Gasteiger partial charge in [0.2, 0.25) is 0 Å². The van der Waals surface area contributed by atoms with Gasteiger partial charge in [-0.15, -0.1) is 0 Å². The van der Waals surface area contributed by atoms with E-state index in [9.17, 15) is 0 Å². The van der Waals surface area contributed by atoms with Crippen LogP contribution in [-0.2, 0) is 4.74 Å². The van der Waals surface area contributed by atoms with Crippen molar-refractivity contribution < 1.29 is 4.74 Å². The monoisotopic (exact) mass is 265 g/mol. The first kappa shape index (κ1) is 15.6. The largest absolute Gasteiger partial charge is 0.381 e. The average Bonchev–Trinajstić information content (AvgIpc) is 2.44. The summed E-state index contributed by atoms with van der Waals surface area (Å²) in [5.41, 5.74) is 8.38. The van der Waals surface area contributed by atoms with Crippen LogP contribution in [0, 0.1) is 12.5 Å². The maximum atomic E-state index is 8.38. The van der Waals surface area contributed by atoms with E-state index in [2.05, 4.69) is 26.3 Å². The summed E-state index contributed by atoms with van der Waals surface area (Å²) in [5, 5.41) is 6.58. The fourth-order valence-corrected chi connectivity index (χ4v) is 2.16. The Labute approximate surface area is 115 Å². The zero-order chi connectivity index (χ0) is 13.8. The molecule has 6 nitrogen and oxygen atoms in total. The van der Waals surface area contributed by atoms with Crippen LogP contribution < -0.4 is 5.32 Å². The fourth-order valence-electron chi connectivity index (χ4n) is 2.16. The van der Waals surface area contributed by atoms with Gasteiger partial charge in [0.05, 0.1) is 0 Å². The molecule has 0 spiro atoms. The Morgan fingerprint density at radius 1 is 1.37 bits per heavy atom. The van der Waals surface area contributed by atoms with Gasteiger partial charge in [-0.2, -0.15) is 0 Å². The van der Waals surface area contributed by atoms with Gasteiger partial charge in [-0.05, 0) is 44.3 Å². The standard InChI is InChI=1S/C13H23N5O/c1-2-15-7-3-11-19-12-4-8-18-9-5-13(6-10-18)16-17-14/h1,13,15H,3-12H2. The Balaban J connectivity index is 1.91. The lowest BCUT2D eigenvalue weighted by molar-refractivity contribution is 0.114. The lowest BCUT2D eigenvalue weighted by Gasteiger charge is -2.29. The van der Waals surface area contributed by atoms with Crippen molar-refractivity contribution in [3.05, 3.63) is 10.4 Å². The lowest BCUT2D eigenvalue weighted by Crippen LogP contribution is -2.36. The molecule has 0 aromatic heterocycles. The van der Waals surface area contributed by atoms with Crippen LogP contribution in [-0.4, -0.2) is 50.3 Å². The molecule has 19 heavy (non-hydrogen) atoms. The predicted molar refractivity (Wildman–Crippen MR) is 75.5 cm³/mol. The second-order valence-electron chi connectivity index (χ2n) is 4.67. The molecule has 1 N–H and O–H groups in total. The number of piperidine rings is 1. The average molecular weight is 265 g/mol. The van der Waals surface area contributed by atoms with Crippen molar-refractivity contribution in [2.45, 2.75) is 31.7 Å². The van der Waals surface area contributed by atoms with Crippen molar-refractivity contribution in [1.82, 2.24) is 10.2 Å². The zero-order valence-electron chi connectivity index (χ0n) is 11.4. The highest BCUT2D eigenvalue weighted by Gasteiger charge is 2.17. The number of likely N-dealkylation sites (tertiary alicyclic amines) is 1. The maximum Gasteiger partial charge on any atom is 0.0483 e. The van der Waals surface area contributed by atoms with E-state index in [0.29, 0.717) is 0 Å². The normalized spacial score (nSPS) is 16.6. The van der Waals surface area contributed by atoms with Crippen molar-refractivity contribution in [2.75, 3.05) is 39.4 Å². The third kappa shape index (κ3) is 7.58. The molecule has 1 saturated heterocycles. The Bertz CT molecular complexity index is 313. The molecule has 0 atom stereocenters. The summed E-state index contributed by atoms with van der Waals surface area (Å²) in [4.78, 5) is 5.28. The summed E-state index contributed by atoms with van der Waals surface area (Å²) in [7, 11) is 0. The van der Waals surface area contributed by atoms with Crippen LogP contribution in [0.3, 0.4) is 0 Å². The Hall–Kier alpha value is -1.41. The molecular weight excluding hydrogens is 242 g/mol. The summed E-state index contributed by atoms with van der Waals surface area (Å²) in [5.74, 6) is 0. The van der Waals surface area contributed by atoms with Crippen LogP contribution in [0.1, 0.15) is 25.7 Å². The molecule has 1 heterocycles. The number of ether oxygens (including phenoxy) is 1. The molecule has 6 heteroatoms. The van der Waals surface area contributed by atoms with Gasteiger partial charge in [0.25, 0.3) is 0 Å². The Kier molecular flexibility index (Phi) is 8.65. The summed E-state index contributed by atoms with van der Waals surface area (Å²) >= 11 is 0. The number of rotatable bonds is 9. The summed E-state index contributed by atoms with van der Waals surface area (Å²) < 4.78 is 5.53. The van der Waals surface area contributed by atoms with Crippen molar-refractivity contribution in [3.63, 3.8) is 0 Å². The first-order valence-electron chi connectivity index (χ1n) is 6.89. The molecular formula is C13H23N5O. The minimum absolute atomic E-state index is 0.196. The quantitative estimate of drug-likeness (QED) is 0.172. The third-order valence-electron chi connectivity index (χ3n) is 3.23. The van der Waals surface area contributed by atoms with E-state index in [1.807, 2.05) is 0 Å². The molecule has 1 fully saturated rings. The summed E-state index contributed by atoms with van der Waals surface area (Å²) in [6.07, 6.45) is 9.01. The van der Waals surface area contributed by atoms with Gasteiger partial charge in [0.1, 0.15) is 0 Å². The Morgan fingerprint density at radius 3 is 2.79 bits per heavy atom. The Morgan fingerprint density at radius 2 is 2.11 bits per heavy atom. The van der Waals surface area contributed by atoms with E-state index in [1.54, 1.807) is 0 Å². The van der Waals surface area contributed by atoms with E-state index >= 15 is 0 Å². The van der Waals surface area contributed by atoms with Crippen LogP contribution in [0.4, 0.5) is 0 Å². The first-order valence-corrected chi connectivity index (χ1v) is 6.89. The van der Waals surface area contributed by atoms with Crippen molar-refractivity contribution in [3.8, 4) is 12.5 Å². The molecule has 1 aliphatic heterocycles. The smallest absolute Gasteiger partial charge is 0.0483 e. The second kappa shape index (κ2) is 10.5. The fraction of sp³-hybridized carbons (Fsp3) is 0.846. The van der Waals surface area contributed by atoms with Crippen LogP contribution in [0.2, 0.25) is 0 Å². The molecule has 106 valence electrons. The molecule has 0 bridgehead atoms. The van der Waals surface area contributed by atoms with Gasteiger partial charge in [0, 0.05) is 43.3 Å². The van der Waals surface area contributed by atoms with Crippen molar-refractivity contribution in [2.24, 2.45) is 5.11 Å². The highest BCUT2D eigenvalue weighted by Crippen LogP contribution is 2.13. The molecule has 0 aliphatic carbocycles. The molecule has 0 saturated carbocycles. The van der Waals surface area contributed by atoms with Gasteiger partial charge in [-0.1, -0.05) is 11.5 Å². The predicted octanol–water partition coefficient (Wildman–Crippen LogP) is 1.74. The van der Waals surface area contributed by atoms with Gasteiger partial charge >= 0.3 is 0 Å². The molecule has 1 aliphatic rings. The molecule has 0 amide bonds. The topological polar surface area (TPSA) is 73.3 Å². The highest BCUT2D eigenvalue weighted by molar-refractivity contribution is 4.79. The van der Waals surface area contributed by atoms with E-state index < -0.39 is 0 Å². The van der Waals surface area contributed by atoms with Gasteiger partial charge in [-0.3, -0.25) is 0 Å². The van der Waals surface area contributed by atoms with E-state index in [-0.39, 0.29) is 6.04 Å². The molecule has 0 aromatic carbocycles. The summed E-state index contributed by atoms with van der Waals surface area (Å²) in [6.45, 7) is 5.47. The number of hydrogen-bond acceptors (Lipinski definition) is 4.